The normalized spacial score (nSPS) is 27.2. The number of hydrogen-bond acceptors (Lipinski definition) is 0. The third kappa shape index (κ3) is 1.62. The Morgan fingerprint density at radius 3 is 2.30 bits per heavy atom. The van der Waals surface area contributed by atoms with Crippen molar-refractivity contribution in [2.75, 3.05) is 0 Å². The fourth-order valence-corrected chi connectivity index (χ4v) is 2.04. The summed E-state index contributed by atoms with van der Waals surface area (Å²) in [5.41, 5.74) is 0. The SMILES string of the molecule is C1=CC1CC1CCCCC1. The van der Waals surface area contributed by atoms with Gasteiger partial charge < -0.3 is 0 Å². The average Bonchev–Trinajstić information content (AvgIpc) is 2.74. The van der Waals surface area contributed by atoms with E-state index in [2.05, 4.69) is 12.2 Å². The molecule has 2 aliphatic rings. The zero-order valence-corrected chi connectivity index (χ0v) is 6.55. The van der Waals surface area contributed by atoms with Gasteiger partial charge in [-0.25, -0.2) is 0 Å². The van der Waals surface area contributed by atoms with Crippen LogP contribution in [0.15, 0.2) is 12.2 Å². The average molecular weight is 136 g/mol. The van der Waals surface area contributed by atoms with Crippen LogP contribution in [0.5, 0.6) is 0 Å². The van der Waals surface area contributed by atoms with Gasteiger partial charge in [-0.3, -0.25) is 0 Å². The molecular weight excluding hydrogens is 120 g/mol. The van der Waals surface area contributed by atoms with Crippen LogP contribution in [0.1, 0.15) is 38.5 Å². The van der Waals surface area contributed by atoms with E-state index in [0.717, 1.165) is 11.8 Å². The molecule has 2 aliphatic carbocycles. The molecule has 2 rings (SSSR count). The summed E-state index contributed by atoms with van der Waals surface area (Å²) < 4.78 is 0. The van der Waals surface area contributed by atoms with Crippen molar-refractivity contribution in [2.24, 2.45) is 11.8 Å². The van der Waals surface area contributed by atoms with Gasteiger partial charge in [-0.2, -0.15) is 0 Å². The summed E-state index contributed by atoms with van der Waals surface area (Å²) in [4.78, 5) is 0. The van der Waals surface area contributed by atoms with E-state index in [1.54, 1.807) is 0 Å². The second-order valence-electron chi connectivity index (χ2n) is 3.79. The van der Waals surface area contributed by atoms with Gasteiger partial charge in [0.05, 0.1) is 0 Å². The van der Waals surface area contributed by atoms with Gasteiger partial charge in [0.25, 0.3) is 0 Å². The first-order valence-corrected chi connectivity index (χ1v) is 4.63. The number of allylic oxidation sites excluding steroid dienone is 2. The minimum atomic E-state index is 0.920. The molecular formula is C10H16. The Hall–Kier alpha value is -0.260. The maximum atomic E-state index is 2.34. The van der Waals surface area contributed by atoms with Crippen molar-refractivity contribution in [3.63, 3.8) is 0 Å². The molecule has 0 unspecified atom stereocenters. The summed E-state index contributed by atoms with van der Waals surface area (Å²) in [6.07, 6.45) is 13.7. The molecule has 0 atom stereocenters. The summed E-state index contributed by atoms with van der Waals surface area (Å²) in [5.74, 6) is 2.00. The summed E-state index contributed by atoms with van der Waals surface area (Å²) in [6.45, 7) is 0. The quantitative estimate of drug-likeness (QED) is 0.511. The van der Waals surface area contributed by atoms with Crippen LogP contribution in [-0.4, -0.2) is 0 Å². The van der Waals surface area contributed by atoms with Gasteiger partial charge in [0.1, 0.15) is 0 Å². The molecule has 0 aromatic rings. The smallest absolute Gasteiger partial charge is 0.00504 e. The molecule has 0 radical (unpaired) electrons. The van der Waals surface area contributed by atoms with Crippen LogP contribution >= 0.6 is 0 Å². The monoisotopic (exact) mass is 136 g/mol. The molecule has 0 N–H and O–H groups in total. The predicted octanol–water partition coefficient (Wildman–Crippen LogP) is 3.14. The van der Waals surface area contributed by atoms with E-state index in [-0.39, 0.29) is 0 Å². The summed E-state index contributed by atoms with van der Waals surface area (Å²) in [7, 11) is 0. The van der Waals surface area contributed by atoms with Crippen LogP contribution in [0.2, 0.25) is 0 Å². The van der Waals surface area contributed by atoms with Crippen LogP contribution < -0.4 is 0 Å². The van der Waals surface area contributed by atoms with Gasteiger partial charge in [-0.1, -0.05) is 44.3 Å². The van der Waals surface area contributed by atoms with Gasteiger partial charge in [-0.05, 0) is 18.3 Å². The zero-order chi connectivity index (χ0) is 6.81. The molecule has 10 heavy (non-hydrogen) atoms. The summed E-state index contributed by atoms with van der Waals surface area (Å²) in [5, 5.41) is 0. The highest BCUT2D eigenvalue weighted by Gasteiger charge is 2.19. The van der Waals surface area contributed by atoms with E-state index in [1.165, 1.54) is 38.5 Å². The lowest BCUT2D eigenvalue weighted by Crippen LogP contribution is -2.06. The molecule has 0 heteroatoms. The lowest BCUT2D eigenvalue weighted by molar-refractivity contribution is 0.331. The minimum Gasteiger partial charge on any atom is -0.0810 e. The van der Waals surface area contributed by atoms with E-state index in [4.69, 9.17) is 0 Å². The molecule has 0 bridgehead atoms. The fraction of sp³-hybridized carbons (Fsp3) is 0.800. The van der Waals surface area contributed by atoms with E-state index < -0.39 is 0 Å². The van der Waals surface area contributed by atoms with Crippen LogP contribution in [0.25, 0.3) is 0 Å². The van der Waals surface area contributed by atoms with Crippen molar-refractivity contribution in [1.29, 1.82) is 0 Å². The van der Waals surface area contributed by atoms with Crippen molar-refractivity contribution in [3.8, 4) is 0 Å². The first-order valence-electron chi connectivity index (χ1n) is 4.63. The Bertz CT molecular complexity index is 123. The molecule has 56 valence electrons. The lowest BCUT2D eigenvalue weighted by Gasteiger charge is -2.20. The maximum Gasteiger partial charge on any atom is -0.00504 e. The Labute approximate surface area is 63.3 Å². The van der Waals surface area contributed by atoms with Gasteiger partial charge >= 0.3 is 0 Å². The Morgan fingerprint density at radius 1 is 1.00 bits per heavy atom. The topological polar surface area (TPSA) is 0 Å². The van der Waals surface area contributed by atoms with Gasteiger partial charge in [-0.15, -0.1) is 0 Å². The molecule has 0 aromatic heterocycles. The van der Waals surface area contributed by atoms with Crippen LogP contribution in [-0.2, 0) is 0 Å². The zero-order valence-electron chi connectivity index (χ0n) is 6.55. The lowest BCUT2D eigenvalue weighted by atomic mass is 9.85. The van der Waals surface area contributed by atoms with Crippen molar-refractivity contribution in [3.05, 3.63) is 12.2 Å². The van der Waals surface area contributed by atoms with E-state index in [1.807, 2.05) is 0 Å². The molecule has 0 nitrogen and oxygen atoms in total. The fourth-order valence-electron chi connectivity index (χ4n) is 2.04. The second kappa shape index (κ2) is 2.77. The van der Waals surface area contributed by atoms with Crippen molar-refractivity contribution in [1.82, 2.24) is 0 Å². The standard InChI is InChI=1S/C10H16/c1-2-4-9(5-3-1)8-10-6-7-10/h6-7,9-10H,1-5,8H2. The Balaban J connectivity index is 1.69. The molecule has 0 saturated heterocycles. The van der Waals surface area contributed by atoms with Crippen LogP contribution in [0.3, 0.4) is 0 Å². The van der Waals surface area contributed by atoms with E-state index >= 15 is 0 Å². The van der Waals surface area contributed by atoms with Crippen LogP contribution in [0, 0.1) is 11.8 Å². The third-order valence-corrected chi connectivity index (χ3v) is 2.79. The Morgan fingerprint density at radius 2 is 1.70 bits per heavy atom. The first kappa shape index (κ1) is 6.45. The summed E-state index contributed by atoms with van der Waals surface area (Å²) >= 11 is 0. The van der Waals surface area contributed by atoms with E-state index in [0.29, 0.717) is 0 Å². The van der Waals surface area contributed by atoms with Crippen molar-refractivity contribution < 1.29 is 0 Å². The molecule has 1 fully saturated rings. The third-order valence-electron chi connectivity index (χ3n) is 2.79. The molecule has 0 aliphatic heterocycles. The maximum absolute atomic E-state index is 2.34. The minimum absolute atomic E-state index is 0.920. The largest absolute Gasteiger partial charge is 0.0810 e. The molecule has 0 aromatic carbocycles. The number of rotatable bonds is 2. The Kier molecular flexibility index (Phi) is 1.79. The molecule has 0 spiro atoms. The molecule has 0 amide bonds. The van der Waals surface area contributed by atoms with Gasteiger partial charge in [0.2, 0.25) is 0 Å². The van der Waals surface area contributed by atoms with Crippen LogP contribution in [0.4, 0.5) is 0 Å². The van der Waals surface area contributed by atoms with Crippen molar-refractivity contribution in [2.45, 2.75) is 38.5 Å². The molecule has 0 heterocycles. The highest BCUT2D eigenvalue weighted by molar-refractivity contribution is 5.13. The first-order chi connectivity index (χ1) is 4.95. The van der Waals surface area contributed by atoms with Crippen molar-refractivity contribution >= 4 is 0 Å². The van der Waals surface area contributed by atoms with E-state index in [9.17, 15) is 0 Å². The van der Waals surface area contributed by atoms with Gasteiger partial charge in [0, 0.05) is 0 Å². The second-order valence-corrected chi connectivity index (χ2v) is 3.79. The highest BCUT2D eigenvalue weighted by atomic mass is 14.2. The predicted molar refractivity (Wildman–Crippen MR) is 43.8 cm³/mol. The number of hydrogen-bond donors (Lipinski definition) is 0. The highest BCUT2D eigenvalue weighted by Crippen LogP contribution is 2.33. The van der Waals surface area contributed by atoms with Gasteiger partial charge in [0.15, 0.2) is 0 Å². The molecule has 1 saturated carbocycles. The summed E-state index contributed by atoms with van der Waals surface area (Å²) in [6, 6.07) is 0.